The van der Waals surface area contributed by atoms with Gasteiger partial charge in [-0.15, -0.1) is 0 Å². The van der Waals surface area contributed by atoms with Gasteiger partial charge in [0.05, 0.1) is 5.52 Å². The number of ether oxygens (including phenoxy) is 1. The first-order valence-electron chi connectivity index (χ1n) is 8.77. The lowest BCUT2D eigenvalue weighted by atomic mass is 10.1. The minimum absolute atomic E-state index is 0.0994. The SMILES string of the molecule is O=C(OCc1ccccc1F)c1cc2ccccc2nc1N1CCCC1. The van der Waals surface area contributed by atoms with Crippen LogP contribution in [-0.2, 0) is 11.3 Å². The van der Waals surface area contributed by atoms with E-state index in [0.29, 0.717) is 16.9 Å². The average Bonchev–Trinajstić information content (AvgIpc) is 3.21. The first-order valence-corrected chi connectivity index (χ1v) is 8.77. The van der Waals surface area contributed by atoms with E-state index in [4.69, 9.17) is 9.72 Å². The highest BCUT2D eigenvalue weighted by molar-refractivity contribution is 5.99. The molecule has 0 unspecified atom stereocenters. The van der Waals surface area contributed by atoms with Crippen LogP contribution in [0.1, 0.15) is 28.8 Å². The first kappa shape index (κ1) is 16.5. The molecule has 1 saturated heterocycles. The molecule has 0 N–H and O–H groups in total. The van der Waals surface area contributed by atoms with Crippen LogP contribution in [0.4, 0.5) is 10.2 Å². The largest absolute Gasteiger partial charge is 0.457 e. The summed E-state index contributed by atoms with van der Waals surface area (Å²) in [6.07, 6.45) is 2.16. The van der Waals surface area contributed by atoms with Crippen LogP contribution in [0.5, 0.6) is 0 Å². The minimum Gasteiger partial charge on any atom is -0.457 e. The Kier molecular flexibility index (Phi) is 4.52. The number of esters is 1. The zero-order valence-electron chi connectivity index (χ0n) is 14.3. The molecule has 0 saturated carbocycles. The molecular weight excluding hydrogens is 331 g/mol. The van der Waals surface area contributed by atoms with Crippen molar-refractivity contribution in [1.29, 1.82) is 0 Å². The Morgan fingerprint density at radius 1 is 1.08 bits per heavy atom. The van der Waals surface area contributed by atoms with Gasteiger partial charge >= 0.3 is 5.97 Å². The third kappa shape index (κ3) is 3.25. The molecule has 0 spiro atoms. The Bertz CT molecular complexity index is 952. The lowest BCUT2D eigenvalue weighted by Crippen LogP contribution is -2.23. The smallest absolute Gasteiger partial charge is 0.342 e. The molecule has 1 aromatic heterocycles. The number of carbonyl (C=O) groups excluding carboxylic acids is 1. The maximum atomic E-state index is 13.8. The van der Waals surface area contributed by atoms with Crippen LogP contribution < -0.4 is 4.90 Å². The van der Waals surface area contributed by atoms with Crippen molar-refractivity contribution in [3.8, 4) is 0 Å². The van der Waals surface area contributed by atoms with Crippen molar-refractivity contribution in [1.82, 2.24) is 4.98 Å². The maximum Gasteiger partial charge on any atom is 0.342 e. The molecule has 2 heterocycles. The molecule has 132 valence electrons. The third-order valence-corrected chi connectivity index (χ3v) is 4.65. The quantitative estimate of drug-likeness (QED) is 0.657. The summed E-state index contributed by atoms with van der Waals surface area (Å²) in [6, 6.07) is 15.8. The van der Waals surface area contributed by atoms with Gasteiger partial charge in [-0.1, -0.05) is 36.4 Å². The molecular formula is C21H19FN2O2. The van der Waals surface area contributed by atoms with Crippen molar-refractivity contribution in [2.75, 3.05) is 18.0 Å². The standard InChI is InChI=1S/C21H19FN2O2/c22-18-9-3-1-8-16(18)14-26-21(25)17-13-15-7-2-4-10-19(15)23-20(17)24-11-5-6-12-24/h1-4,7-10,13H,5-6,11-12,14H2. The molecule has 1 fully saturated rings. The molecule has 26 heavy (non-hydrogen) atoms. The van der Waals surface area contributed by atoms with E-state index in [2.05, 4.69) is 4.90 Å². The highest BCUT2D eigenvalue weighted by Gasteiger charge is 2.23. The predicted molar refractivity (Wildman–Crippen MR) is 98.7 cm³/mol. The number of pyridine rings is 1. The number of aromatic nitrogens is 1. The van der Waals surface area contributed by atoms with Gasteiger partial charge < -0.3 is 9.64 Å². The molecule has 1 aliphatic rings. The number of benzene rings is 2. The van der Waals surface area contributed by atoms with Crippen LogP contribution in [0, 0.1) is 5.82 Å². The normalized spacial score (nSPS) is 14.0. The zero-order chi connectivity index (χ0) is 17.9. The molecule has 5 heteroatoms. The number of anilines is 1. The van der Waals surface area contributed by atoms with Gasteiger partial charge in [-0.2, -0.15) is 0 Å². The van der Waals surface area contributed by atoms with Crippen molar-refractivity contribution < 1.29 is 13.9 Å². The fraction of sp³-hybridized carbons (Fsp3) is 0.238. The van der Waals surface area contributed by atoms with E-state index in [-0.39, 0.29) is 12.4 Å². The number of carbonyl (C=O) groups is 1. The van der Waals surface area contributed by atoms with E-state index < -0.39 is 5.97 Å². The Morgan fingerprint density at radius 3 is 2.62 bits per heavy atom. The predicted octanol–water partition coefficient (Wildman–Crippen LogP) is 4.33. The van der Waals surface area contributed by atoms with Crippen LogP contribution in [0.2, 0.25) is 0 Å². The highest BCUT2D eigenvalue weighted by Crippen LogP contribution is 2.27. The number of hydrogen-bond acceptors (Lipinski definition) is 4. The van der Waals surface area contributed by atoms with Crippen LogP contribution in [-0.4, -0.2) is 24.0 Å². The maximum absolute atomic E-state index is 13.8. The summed E-state index contributed by atoms with van der Waals surface area (Å²) < 4.78 is 19.2. The summed E-state index contributed by atoms with van der Waals surface area (Å²) in [5.74, 6) is -0.204. The highest BCUT2D eigenvalue weighted by atomic mass is 19.1. The van der Waals surface area contributed by atoms with E-state index in [0.717, 1.165) is 36.8 Å². The molecule has 3 aromatic rings. The van der Waals surface area contributed by atoms with Gasteiger partial charge in [0.2, 0.25) is 0 Å². The molecule has 4 nitrogen and oxygen atoms in total. The Morgan fingerprint density at radius 2 is 1.81 bits per heavy atom. The van der Waals surface area contributed by atoms with Crippen molar-refractivity contribution in [3.63, 3.8) is 0 Å². The zero-order valence-corrected chi connectivity index (χ0v) is 14.3. The summed E-state index contributed by atoms with van der Waals surface area (Å²) in [4.78, 5) is 19.6. The van der Waals surface area contributed by atoms with Crippen LogP contribution in [0.15, 0.2) is 54.6 Å². The number of para-hydroxylation sites is 1. The molecule has 2 aromatic carbocycles. The van der Waals surface area contributed by atoms with Gasteiger partial charge in [0, 0.05) is 24.0 Å². The molecule has 0 amide bonds. The summed E-state index contributed by atoms with van der Waals surface area (Å²) in [6.45, 7) is 1.65. The second kappa shape index (κ2) is 7.12. The Labute approximate surface area is 151 Å². The topological polar surface area (TPSA) is 42.4 Å². The van der Waals surface area contributed by atoms with E-state index in [1.165, 1.54) is 6.07 Å². The molecule has 0 radical (unpaired) electrons. The lowest BCUT2D eigenvalue weighted by molar-refractivity contribution is 0.0469. The van der Waals surface area contributed by atoms with Crippen molar-refractivity contribution >= 4 is 22.7 Å². The fourth-order valence-corrected chi connectivity index (χ4v) is 3.26. The molecule has 0 atom stereocenters. The van der Waals surface area contributed by atoms with Gasteiger partial charge in [-0.3, -0.25) is 0 Å². The number of halogens is 1. The number of nitrogens with zero attached hydrogens (tertiary/aromatic N) is 2. The summed E-state index contributed by atoms with van der Waals surface area (Å²) in [5.41, 5.74) is 1.64. The summed E-state index contributed by atoms with van der Waals surface area (Å²) in [5, 5.41) is 0.883. The van der Waals surface area contributed by atoms with E-state index in [1.807, 2.05) is 30.3 Å². The molecule has 0 aliphatic carbocycles. The minimum atomic E-state index is -0.478. The van der Waals surface area contributed by atoms with Gasteiger partial charge in [-0.25, -0.2) is 14.2 Å². The molecule has 0 bridgehead atoms. The van der Waals surface area contributed by atoms with Gasteiger partial charge in [-0.05, 0) is 31.0 Å². The fourth-order valence-electron chi connectivity index (χ4n) is 3.26. The number of rotatable bonds is 4. The van der Waals surface area contributed by atoms with Crippen molar-refractivity contribution in [2.45, 2.75) is 19.4 Å². The van der Waals surface area contributed by atoms with Crippen molar-refractivity contribution in [3.05, 3.63) is 71.5 Å². The first-order chi connectivity index (χ1) is 12.7. The second-order valence-corrected chi connectivity index (χ2v) is 6.41. The van der Waals surface area contributed by atoms with Crippen LogP contribution >= 0.6 is 0 Å². The second-order valence-electron chi connectivity index (χ2n) is 6.41. The number of hydrogen-bond donors (Lipinski definition) is 0. The van der Waals surface area contributed by atoms with E-state index in [9.17, 15) is 9.18 Å². The van der Waals surface area contributed by atoms with Crippen LogP contribution in [0.3, 0.4) is 0 Å². The van der Waals surface area contributed by atoms with Crippen LogP contribution in [0.25, 0.3) is 10.9 Å². The van der Waals surface area contributed by atoms with E-state index in [1.54, 1.807) is 18.2 Å². The molecule has 4 rings (SSSR count). The Hall–Kier alpha value is -2.95. The summed E-state index contributed by atoms with van der Waals surface area (Å²) in [7, 11) is 0. The van der Waals surface area contributed by atoms with Gasteiger partial charge in [0.25, 0.3) is 0 Å². The van der Waals surface area contributed by atoms with Gasteiger partial charge in [0.1, 0.15) is 23.8 Å². The average molecular weight is 350 g/mol. The van der Waals surface area contributed by atoms with Gasteiger partial charge in [0.15, 0.2) is 0 Å². The lowest BCUT2D eigenvalue weighted by Gasteiger charge is -2.20. The Balaban J connectivity index is 1.66. The van der Waals surface area contributed by atoms with Crippen molar-refractivity contribution in [2.24, 2.45) is 0 Å². The third-order valence-electron chi connectivity index (χ3n) is 4.65. The number of fused-ring (bicyclic) bond motifs is 1. The molecule has 1 aliphatic heterocycles. The monoisotopic (exact) mass is 350 g/mol. The summed E-state index contributed by atoms with van der Waals surface area (Å²) >= 11 is 0. The van der Waals surface area contributed by atoms with E-state index >= 15 is 0 Å².